The van der Waals surface area contributed by atoms with Crippen LogP contribution in [0.25, 0.3) is 0 Å². The molecule has 1 atom stereocenters. The molecule has 108 valence electrons. The number of hydrogen-bond donors (Lipinski definition) is 2. The molecule has 1 aromatic rings. The lowest BCUT2D eigenvalue weighted by atomic mass is 10.2. The Morgan fingerprint density at radius 2 is 2.10 bits per heavy atom. The number of carboxylic acids is 1. The van der Waals surface area contributed by atoms with E-state index in [0.717, 1.165) is 25.1 Å². The van der Waals surface area contributed by atoms with Crippen LogP contribution >= 0.6 is 0 Å². The quantitative estimate of drug-likeness (QED) is 0.870. The fourth-order valence-corrected chi connectivity index (χ4v) is 2.20. The Kier molecular flexibility index (Phi) is 4.16. The average Bonchev–Trinajstić information content (AvgIpc) is 2.93. The summed E-state index contributed by atoms with van der Waals surface area (Å²) in [5.41, 5.74) is -0.286. The van der Waals surface area contributed by atoms with E-state index in [4.69, 9.17) is 5.11 Å². The second kappa shape index (κ2) is 5.85. The van der Waals surface area contributed by atoms with E-state index < -0.39 is 17.8 Å². The predicted octanol–water partition coefficient (Wildman–Crippen LogP) is 1.34. The summed E-state index contributed by atoms with van der Waals surface area (Å²) in [6, 6.07) is 0.272. The monoisotopic (exact) mass is 281 g/mol. The number of carbonyl (C=O) groups is 2. The highest BCUT2D eigenvalue weighted by Gasteiger charge is 2.24. The molecule has 0 radical (unpaired) electrons. The topological polar surface area (TPSA) is 82.5 Å². The molecule has 20 heavy (non-hydrogen) atoms. The van der Waals surface area contributed by atoms with E-state index in [1.54, 1.807) is 11.8 Å². The van der Waals surface area contributed by atoms with E-state index in [2.05, 4.69) is 10.3 Å². The van der Waals surface area contributed by atoms with Gasteiger partial charge in [-0.15, -0.1) is 0 Å². The molecule has 0 bridgehead atoms. The molecule has 1 aromatic heterocycles. The first-order valence-electron chi connectivity index (χ1n) is 6.43. The molecule has 2 heterocycles. The molecule has 1 saturated heterocycles. The summed E-state index contributed by atoms with van der Waals surface area (Å²) in [5.74, 6) is -2.13. The van der Waals surface area contributed by atoms with Gasteiger partial charge in [-0.3, -0.25) is 4.79 Å². The van der Waals surface area contributed by atoms with Crippen LogP contribution < -0.4 is 5.32 Å². The third-order valence-corrected chi connectivity index (χ3v) is 3.23. The van der Waals surface area contributed by atoms with Gasteiger partial charge >= 0.3 is 5.97 Å². The summed E-state index contributed by atoms with van der Waals surface area (Å²) in [6.07, 6.45) is 2.88. The maximum Gasteiger partial charge on any atom is 0.339 e. The minimum Gasteiger partial charge on any atom is -0.478 e. The largest absolute Gasteiger partial charge is 0.478 e. The molecule has 1 fully saturated rings. The van der Waals surface area contributed by atoms with Gasteiger partial charge in [0.2, 0.25) is 5.91 Å². The van der Waals surface area contributed by atoms with Crippen LogP contribution in [-0.4, -0.2) is 46.0 Å². The average molecular weight is 281 g/mol. The molecular formula is C13H16FN3O3. The van der Waals surface area contributed by atoms with Gasteiger partial charge in [-0.1, -0.05) is 0 Å². The van der Waals surface area contributed by atoms with Gasteiger partial charge in [0.15, 0.2) is 0 Å². The van der Waals surface area contributed by atoms with Crippen molar-refractivity contribution in [3.63, 3.8) is 0 Å². The number of likely N-dealkylation sites (tertiary alicyclic amines) is 1. The van der Waals surface area contributed by atoms with Gasteiger partial charge in [0, 0.05) is 13.1 Å². The Morgan fingerprint density at radius 1 is 1.45 bits per heavy atom. The summed E-state index contributed by atoms with van der Waals surface area (Å²) in [7, 11) is 0. The van der Waals surface area contributed by atoms with Crippen molar-refractivity contribution in [3.05, 3.63) is 23.6 Å². The lowest BCUT2D eigenvalue weighted by molar-refractivity contribution is -0.130. The molecule has 0 aliphatic carbocycles. The number of anilines is 1. The number of pyridine rings is 1. The van der Waals surface area contributed by atoms with Crippen molar-refractivity contribution < 1.29 is 19.1 Å². The summed E-state index contributed by atoms with van der Waals surface area (Å²) in [6.45, 7) is 3.07. The zero-order valence-electron chi connectivity index (χ0n) is 11.1. The SMILES string of the molecule is CC(Nc1ncc(F)cc1C(=O)O)C(=O)N1CCCC1. The third-order valence-electron chi connectivity index (χ3n) is 3.23. The Balaban J connectivity index is 2.12. The highest BCUT2D eigenvalue weighted by atomic mass is 19.1. The molecule has 1 unspecified atom stereocenters. The second-order valence-electron chi connectivity index (χ2n) is 4.75. The summed E-state index contributed by atoms with van der Waals surface area (Å²) < 4.78 is 13.0. The van der Waals surface area contributed by atoms with E-state index in [0.29, 0.717) is 13.1 Å². The van der Waals surface area contributed by atoms with E-state index in [-0.39, 0.29) is 17.3 Å². The number of amides is 1. The number of carbonyl (C=O) groups excluding carboxylic acids is 1. The Morgan fingerprint density at radius 3 is 2.70 bits per heavy atom. The molecule has 6 nitrogen and oxygen atoms in total. The van der Waals surface area contributed by atoms with Crippen molar-refractivity contribution in [3.8, 4) is 0 Å². The maximum atomic E-state index is 13.0. The minimum absolute atomic E-state index is 0.000975. The van der Waals surface area contributed by atoms with Gasteiger partial charge in [-0.25, -0.2) is 14.2 Å². The van der Waals surface area contributed by atoms with Crippen LogP contribution in [0.4, 0.5) is 10.2 Å². The molecule has 2 N–H and O–H groups in total. The van der Waals surface area contributed by atoms with Gasteiger partial charge in [0.1, 0.15) is 23.2 Å². The number of nitrogens with zero attached hydrogens (tertiary/aromatic N) is 2. The molecule has 1 amide bonds. The van der Waals surface area contributed by atoms with Crippen LogP contribution in [0.3, 0.4) is 0 Å². The summed E-state index contributed by atoms with van der Waals surface area (Å²) in [5, 5.41) is 11.8. The van der Waals surface area contributed by atoms with Crippen LogP contribution in [-0.2, 0) is 4.79 Å². The van der Waals surface area contributed by atoms with Crippen molar-refractivity contribution in [2.45, 2.75) is 25.8 Å². The summed E-state index contributed by atoms with van der Waals surface area (Å²) in [4.78, 5) is 28.6. The third kappa shape index (κ3) is 3.04. The fourth-order valence-electron chi connectivity index (χ4n) is 2.20. The molecule has 0 spiro atoms. The number of hydrogen-bond acceptors (Lipinski definition) is 4. The zero-order chi connectivity index (χ0) is 14.7. The van der Waals surface area contributed by atoms with Crippen LogP contribution in [0.5, 0.6) is 0 Å². The van der Waals surface area contributed by atoms with Crippen molar-refractivity contribution in [1.82, 2.24) is 9.88 Å². The number of aromatic nitrogens is 1. The first-order valence-corrected chi connectivity index (χ1v) is 6.43. The van der Waals surface area contributed by atoms with E-state index in [1.165, 1.54) is 0 Å². The Bertz CT molecular complexity index is 530. The van der Waals surface area contributed by atoms with E-state index in [1.807, 2.05) is 0 Å². The van der Waals surface area contributed by atoms with Crippen LogP contribution in [0.2, 0.25) is 0 Å². The van der Waals surface area contributed by atoms with Crippen molar-refractivity contribution in [2.24, 2.45) is 0 Å². The van der Waals surface area contributed by atoms with Crippen molar-refractivity contribution in [2.75, 3.05) is 18.4 Å². The summed E-state index contributed by atoms with van der Waals surface area (Å²) >= 11 is 0. The van der Waals surface area contributed by atoms with Gasteiger partial charge < -0.3 is 15.3 Å². The second-order valence-corrected chi connectivity index (χ2v) is 4.75. The molecule has 7 heteroatoms. The normalized spacial score (nSPS) is 16.0. The van der Waals surface area contributed by atoms with Gasteiger partial charge in [0.05, 0.1) is 6.20 Å². The van der Waals surface area contributed by atoms with Crippen LogP contribution in [0.1, 0.15) is 30.1 Å². The van der Waals surface area contributed by atoms with Gasteiger partial charge in [0.25, 0.3) is 0 Å². The lowest BCUT2D eigenvalue weighted by Gasteiger charge is -2.22. The Hall–Kier alpha value is -2.18. The van der Waals surface area contributed by atoms with Gasteiger partial charge in [-0.05, 0) is 25.8 Å². The highest BCUT2D eigenvalue weighted by molar-refractivity contribution is 5.94. The van der Waals surface area contributed by atoms with E-state index in [9.17, 15) is 14.0 Å². The minimum atomic E-state index is -1.29. The molecule has 1 aliphatic heterocycles. The number of carboxylic acid groups (broad SMARTS) is 1. The lowest BCUT2D eigenvalue weighted by Crippen LogP contribution is -2.40. The zero-order valence-corrected chi connectivity index (χ0v) is 11.1. The molecule has 2 rings (SSSR count). The van der Waals surface area contributed by atoms with Gasteiger partial charge in [-0.2, -0.15) is 0 Å². The van der Waals surface area contributed by atoms with Crippen LogP contribution in [0.15, 0.2) is 12.3 Å². The molecule has 0 aromatic carbocycles. The molecular weight excluding hydrogens is 265 g/mol. The molecule has 1 aliphatic rings. The fraction of sp³-hybridized carbons (Fsp3) is 0.462. The first-order chi connectivity index (χ1) is 9.49. The van der Waals surface area contributed by atoms with E-state index >= 15 is 0 Å². The van der Waals surface area contributed by atoms with Crippen molar-refractivity contribution >= 4 is 17.7 Å². The van der Waals surface area contributed by atoms with Crippen LogP contribution in [0, 0.1) is 5.82 Å². The predicted molar refractivity (Wildman–Crippen MR) is 70.1 cm³/mol. The first kappa shape index (κ1) is 14.2. The molecule has 0 saturated carbocycles. The van der Waals surface area contributed by atoms with Crippen molar-refractivity contribution in [1.29, 1.82) is 0 Å². The Labute approximate surface area is 115 Å². The standard InChI is InChI=1S/C13H16FN3O3/c1-8(12(18)17-4-2-3-5-17)16-11-10(13(19)20)6-9(14)7-15-11/h6-8H,2-5H2,1H3,(H,15,16)(H,19,20). The number of aromatic carboxylic acids is 1. The number of nitrogens with one attached hydrogen (secondary N) is 1. The number of rotatable bonds is 4. The number of halogens is 1. The smallest absolute Gasteiger partial charge is 0.339 e. The highest BCUT2D eigenvalue weighted by Crippen LogP contribution is 2.16. The maximum absolute atomic E-state index is 13.0.